The lowest BCUT2D eigenvalue weighted by atomic mass is 9.87. The van der Waals surface area contributed by atoms with Gasteiger partial charge < -0.3 is 29.4 Å². The number of methoxy groups -OCH3 is 1. The fraction of sp³-hybridized carbons (Fsp3) is 0.500. The maximum atomic E-state index is 13.6. The number of nitrogens with zero attached hydrogens (tertiary/aromatic N) is 1. The topological polar surface area (TPSA) is 116 Å². The van der Waals surface area contributed by atoms with Crippen LogP contribution in [0.15, 0.2) is 53.5 Å². The molecule has 0 saturated heterocycles. The van der Waals surface area contributed by atoms with E-state index in [1.54, 1.807) is 46.9 Å². The number of aliphatic hydroxyl groups is 1. The lowest BCUT2D eigenvalue weighted by Gasteiger charge is -2.28. The van der Waals surface area contributed by atoms with Crippen molar-refractivity contribution in [2.75, 3.05) is 26.9 Å². The van der Waals surface area contributed by atoms with Crippen LogP contribution < -0.4 is 14.8 Å². The normalized spacial score (nSPS) is 18.6. The summed E-state index contributed by atoms with van der Waals surface area (Å²) in [7, 11) is 1.62. The molecule has 2 atom stereocenters. The summed E-state index contributed by atoms with van der Waals surface area (Å²) in [6, 6.07) is 14.9. The molecule has 0 fully saturated rings. The molecule has 212 valence electrons. The Morgan fingerprint density at radius 2 is 1.74 bits per heavy atom. The van der Waals surface area contributed by atoms with Crippen LogP contribution in [0.5, 0.6) is 11.5 Å². The zero-order valence-electron chi connectivity index (χ0n) is 23.5. The van der Waals surface area contributed by atoms with E-state index in [4.69, 9.17) is 29.0 Å². The Hall–Kier alpha value is -3.59. The summed E-state index contributed by atoms with van der Waals surface area (Å²) in [5.41, 5.74) is -0.165. The number of amides is 1. The Balaban J connectivity index is 1.76. The van der Waals surface area contributed by atoms with E-state index in [-0.39, 0.29) is 25.4 Å². The van der Waals surface area contributed by atoms with Crippen LogP contribution in [0.25, 0.3) is 0 Å². The van der Waals surface area contributed by atoms with Crippen molar-refractivity contribution < 1.29 is 33.6 Å². The summed E-state index contributed by atoms with van der Waals surface area (Å²) in [4.78, 5) is 31.0. The Labute approximate surface area is 230 Å². The van der Waals surface area contributed by atoms with Crippen molar-refractivity contribution in [2.24, 2.45) is 4.99 Å². The highest BCUT2D eigenvalue weighted by molar-refractivity contribution is 6.00. The summed E-state index contributed by atoms with van der Waals surface area (Å²) in [5, 5.41) is 11.9. The summed E-state index contributed by atoms with van der Waals surface area (Å²) in [5.74, 6) is 1.07. The largest absolute Gasteiger partial charge is 0.497 e. The molecule has 1 aliphatic heterocycles. The first-order valence-electron chi connectivity index (χ1n) is 13.3. The maximum Gasteiger partial charge on any atom is 0.306 e. The maximum absolute atomic E-state index is 13.6. The summed E-state index contributed by atoms with van der Waals surface area (Å²) in [6.07, 6.45) is 0.732. The molecule has 2 aromatic carbocycles. The summed E-state index contributed by atoms with van der Waals surface area (Å²) >= 11 is 0. The number of aliphatic hydroxyl groups excluding tert-OH is 1. The number of ether oxygens (including phenoxy) is 4. The predicted molar refractivity (Wildman–Crippen MR) is 148 cm³/mol. The lowest BCUT2D eigenvalue weighted by Crippen LogP contribution is -2.51. The van der Waals surface area contributed by atoms with Crippen LogP contribution >= 0.6 is 0 Å². The van der Waals surface area contributed by atoms with Crippen LogP contribution in [-0.4, -0.2) is 67.0 Å². The number of carbonyl (C=O) groups excluding carboxylic acids is 2. The van der Waals surface area contributed by atoms with Gasteiger partial charge in [0.15, 0.2) is 5.54 Å². The van der Waals surface area contributed by atoms with Crippen molar-refractivity contribution in [2.45, 2.75) is 70.6 Å². The van der Waals surface area contributed by atoms with Crippen molar-refractivity contribution in [3.63, 3.8) is 0 Å². The number of hydrogen-bond acceptors (Lipinski definition) is 8. The van der Waals surface area contributed by atoms with Gasteiger partial charge in [-0.05, 0) is 82.5 Å². The van der Waals surface area contributed by atoms with Gasteiger partial charge >= 0.3 is 5.97 Å². The third kappa shape index (κ3) is 8.45. The van der Waals surface area contributed by atoms with E-state index in [0.717, 1.165) is 11.3 Å². The monoisotopic (exact) mass is 540 g/mol. The fourth-order valence-corrected chi connectivity index (χ4v) is 4.20. The van der Waals surface area contributed by atoms with E-state index >= 15 is 0 Å². The molecule has 2 N–H and O–H groups in total. The van der Waals surface area contributed by atoms with Crippen LogP contribution in [0.3, 0.4) is 0 Å². The van der Waals surface area contributed by atoms with Crippen LogP contribution in [0.2, 0.25) is 0 Å². The Morgan fingerprint density at radius 3 is 2.36 bits per heavy atom. The molecule has 0 saturated carbocycles. The molecule has 39 heavy (non-hydrogen) atoms. The highest BCUT2D eigenvalue weighted by Gasteiger charge is 2.50. The van der Waals surface area contributed by atoms with Crippen LogP contribution in [0.1, 0.15) is 58.1 Å². The van der Waals surface area contributed by atoms with E-state index in [1.165, 1.54) is 0 Å². The van der Waals surface area contributed by atoms with E-state index in [2.05, 4.69) is 5.32 Å². The Bertz CT molecular complexity index is 1120. The quantitative estimate of drug-likeness (QED) is 0.293. The minimum absolute atomic E-state index is 0.0191. The molecule has 0 aliphatic carbocycles. The number of nitrogens with one attached hydrogen (secondary N) is 1. The molecule has 1 amide bonds. The molecule has 1 aliphatic rings. The Morgan fingerprint density at radius 1 is 1.08 bits per heavy atom. The van der Waals surface area contributed by atoms with Crippen molar-refractivity contribution >= 4 is 17.8 Å². The number of hydrogen-bond donors (Lipinski definition) is 2. The smallest absolute Gasteiger partial charge is 0.306 e. The third-order valence-electron chi connectivity index (χ3n) is 6.32. The van der Waals surface area contributed by atoms with E-state index < -0.39 is 23.2 Å². The third-order valence-corrected chi connectivity index (χ3v) is 6.32. The SMILES string of the molecule is COc1ccc(CCNC(=O)[C@]2(CCC(=O)OC(C)(C)C)N=C(c3ccc(OCCCO)cc3)O[C@@H]2C)cc1. The van der Waals surface area contributed by atoms with E-state index in [0.29, 0.717) is 43.2 Å². The number of esters is 1. The summed E-state index contributed by atoms with van der Waals surface area (Å²) in [6.45, 7) is 8.09. The van der Waals surface area contributed by atoms with Crippen LogP contribution in [0, 0.1) is 0 Å². The first kappa shape index (κ1) is 30.0. The average Bonchev–Trinajstić information content (AvgIpc) is 3.24. The van der Waals surface area contributed by atoms with Gasteiger partial charge in [-0.25, -0.2) is 4.99 Å². The first-order valence-corrected chi connectivity index (χ1v) is 13.3. The van der Waals surface area contributed by atoms with E-state index in [1.807, 2.05) is 36.4 Å². The molecule has 0 radical (unpaired) electrons. The molecular weight excluding hydrogens is 500 g/mol. The zero-order chi connectivity index (χ0) is 28.5. The van der Waals surface area contributed by atoms with Gasteiger partial charge in [0.05, 0.1) is 13.7 Å². The standard InChI is InChI=1S/C30H40N2O7/c1-21-30(17-15-26(34)39-29(2,3)4,28(35)31-18-16-22-7-11-24(36-5)12-8-22)32-27(38-21)23-9-13-25(14-10-23)37-20-6-19-33/h7-14,21,33H,6,15-20H2,1-5H3,(H,31,35)/t21-,30-/m1/s1. The molecule has 0 spiro atoms. The van der Waals surface area contributed by atoms with Gasteiger partial charge in [-0.3, -0.25) is 9.59 Å². The molecule has 9 heteroatoms. The van der Waals surface area contributed by atoms with Gasteiger partial charge in [0.1, 0.15) is 23.2 Å². The predicted octanol–water partition coefficient (Wildman–Crippen LogP) is 3.84. The van der Waals surface area contributed by atoms with Crippen molar-refractivity contribution in [3.8, 4) is 11.5 Å². The molecular formula is C30H40N2O7. The van der Waals surface area contributed by atoms with Gasteiger partial charge in [-0.15, -0.1) is 0 Å². The Kier molecular flexibility index (Phi) is 10.3. The second-order valence-electron chi connectivity index (χ2n) is 10.5. The van der Waals surface area contributed by atoms with Crippen molar-refractivity contribution in [3.05, 3.63) is 59.7 Å². The highest BCUT2D eigenvalue weighted by Crippen LogP contribution is 2.34. The number of rotatable bonds is 13. The average molecular weight is 541 g/mol. The second-order valence-corrected chi connectivity index (χ2v) is 10.5. The number of carbonyl (C=O) groups is 2. The summed E-state index contributed by atoms with van der Waals surface area (Å²) < 4.78 is 22.4. The number of benzene rings is 2. The fourth-order valence-electron chi connectivity index (χ4n) is 4.20. The van der Waals surface area contributed by atoms with E-state index in [9.17, 15) is 9.59 Å². The van der Waals surface area contributed by atoms with Crippen LogP contribution in [0.4, 0.5) is 0 Å². The zero-order valence-corrected chi connectivity index (χ0v) is 23.5. The molecule has 0 unspecified atom stereocenters. The highest BCUT2D eigenvalue weighted by atomic mass is 16.6. The minimum Gasteiger partial charge on any atom is -0.497 e. The number of aliphatic imine (C=N–C) groups is 1. The van der Waals surface area contributed by atoms with Crippen LogP contribution in [-0.2, 0) is 25.5 Å². The first-order chi connectivity index (χ1) is 18.6. The molecule has 9 nitrogen and oxygen atoms in total. The van der Waals surface area contributed by atoms with Gasteiger partial charge in [-0.2, -0.15) is 0 Å². The van der Waals surface area contributed by atoms with Gasteiger partial charge in [0.2, 0.25) is 5.90 Å². The second kappa shape index (κ2) is 13.5. The molecule has 2 aromatic rings. The lowest BCUT2D eigenvalue weighted by molar-refractivity contribution is -0.155. The van der Waals surface area contributed by atoms with Gasteiger partial charge in [-0.1, -0.05) is 12.1 Å². The minimum atomic E-state index is -1.29. The molecule has 1 heterocycles. The van der Waals surface area contributed by atoms with Gasteiger partial charge in [0, 0.05) is 31.6 Å². The van der Waals surface area contributed by atoms with Crippen molar-refractivity contribution in [1.82, 2.24) is 5.32 Å². The van der Waals surface area contributed by atoms with Gasteiger partial charge in [0.25, 0.3) is 5.91 Å². The molecule has 0 aromatic heterocycles. The molecule has 0 bridgehead atoms. The van der Waals surface area contributed by atoms with Crippen molar-refractivity contribution in [1.29, 1.82) is 0 Å². The molecule has 3 rings (SSSR count).